The summed E-state index contributed by atoms with van der Waals surface area (Å²) in [6.45, 7) is 1.97. The van der Waals surface area contributed by atoms with Crippen LogP contribution in [0.15, 0.2) is 18.2 Å². The van der Waals surface area contributed by atoms with E-state index in [4.69, 9.17) is 5.73 Å². The third-order valence-electron chi connectivity index (χ3n) is 2.49. The summed E-state index contributed by atoms with van der Waals surface area (Å²) in [4.78, 5) is 11.1. The number of phenolic OH excluding ortho intramolecular Hbond substituents is 1. The van der Waals surface area contributed by atoms with Gasteiger partial charge in [0, 0.05) is 0 Å². The van der Waals surface area contributed by atoms with E-state index >= 15 is 0 Å². The summed E-state index contributed by atoms with van der Waals surface area (Å²) in [6, 6.07) is 4.66. The molecule has 0 heterocycles. The smallest absolute Gasteiger partial charge is 0.322 e. The second kappa shape index (κ2) is 5.51. The Morgan fingerprint density at radius 3 is 2.75 bits per heavy atom. The Kier molecular flexibility index (Phi) is 4.31. The van der Waals surface area contributed by atoms with Gasteiger partial charge in [0.15, 0.2) is 0 Å². The largest absolute Gasteiger partial charge is 0.508 e. The zero-order chi connectivity index (χ0) is 12.1. The lowest BCUT2D eigenvalue weighted by Gasteiger charge is -2.10. The van der Waals surface area contributed by atoms with Crippen LogP contribution in [0.4, 0.5) is 0 Å². The van der Waals surface area contributed by atoms with Crippen LogP contribution < -0.4 is 5.73 Å². The summed E-state index contributed by atoms with van der Waals surface area (Å²) < 4.78 is 4.53. The summed E-state index contributed by atoms with van der Waals surface area (Å²) >= 11 is 0. The van der Waals surface area contributed by atoms with Gasteiger partial charge in [-0.25, -0.2) is 0 Å². The highest BCUT2D eigenvalue weighted by Gasteiger charge is 2.14. The molecule has 0 amide bonds. The third-order valence-corrected chi connectivity index (χ3v) is 2.49. The van der Waals surface area contributed by atoms with Gasteiger partial charge in [-0.1, -0.05) is 19.1 Å². The molecule has 1 aromatic carbocycles. The van der Waals surface area contributed by atoms with Crippen LogP contribution in [0.3, 0.4) is 0 Å². The Hall–Kier alpha value is -1.55. The topological polar surface area (TPSA) is 72.6 Å². The predicted molar refractivity (Wildman–Crippen MR) is 61.2 cm³/mol. The zero-order valence-corrected chi connectivity index (χ0v) is 9.56. The fourth-order valence-corrected chi connectivity index (χ4v) is 1.52. The van der Waals surface area contributed by atoms with Gasteiger partial charge in [0.2, 0.25) is 0 Å². The second-order valence-electron chi connectivity index (χ2n) is 3.65. The minimum absolute atomic E-state index is 0.247. The number of rotatable bonds is 4. The summed E-state index contributed by atoms with van der Waals surface area (Å²) in [5, 5.41) is 9.64. The molecule has 0 aliphatic carbocycles. The molecule has 16 heavy (non-hydrogen) atoms. The van der Waals surface area contributed by atoms with Gasteiger partial charge in [0.1, 0.15) is 11.8 Å². The second-order valence-corrected chi connectivity index (χ2v) is 3.65. The van der Waals surface area contributed by atoms with E-state index in [0.717, 1.165) is 17.5 Å². The molecular formula is C12H17NO3. The molecule has 1 unspecified atom stereocenters. The number of benzene rings is 1. The van der Waals surface area contributed by atoms with Crippen molar-refractivity contribution in [1.29, 1.82) is 0 Å². The van der Waals surface area contributed by atoms with E-state index in [1.807, 2.05) is 19.1 Å². The van der Waals surface area contributed by atoms with Crippen molar-refractivity contribution in [3.63, 3.8) is 0 Å². The molecule has 1 aromatic rings. The van der Waals surface area contributed by atoms with Crippen LogP contribution in [0, 0.1) is 0 Å². The Morgan fingerprint density at radius 1 is 1.56 bits per heavy atom. The normalized spacial score (nSPS) is 12.2. The Balaban J connectivity index is 2.75. The molecule has 0 saturated carbocycles. The van der Waals surface area contributed by atoms with Gasteiger partial charge < -0.3 is 15.6 Å². The highest BCUT2D eigenvalue weighted by Crippen LogP contribution is 2.19. The number of hydrogen-bond donors (Lipinski definition) is 2. The van der Waals surface area contributed by atoms with Crippen molar-refractivity contribution >= 4 is 5.97 Å². The van der Waals surface area contributed by atoms with Crippen molar-refractivity contribution in [3.8, 4) is 5.75 Å². The van der Waals surface area contributed by atoms with Gasteiger partial charge in [-0.05, 0) is 30.0 Å². The van der Waals surface area contributed by atoms with E-state index in [9.17, 15) is 9.90 Å². The van der Waals surface area contributed by atoms with E-state index < -0.39 is 12.0 Å². The van der Waals surface area contributed by atoms with Crippen molar-refractivity contribution in [2.75, 3.05) is 7.11 Å². The Labute approximate surface area is 95.0 Å². The number of carbonyl (C=O) groups excluding carboxylic acids is 1. The first kappa shape index (κ1) is 12.5. The van der Waals surface area contributed by atoms with Gasteiger partial charge in [-0.3, -0.25) is 4.79 Å². The van der Waals surface area contributed by atoms with E-state index in [1.54, 1.807) is 6.07 Å². The van der Waals surface area contributed by atoms with E-state index in [-0.39, 0.29) is 5.75 Å². The van der Waals surface area contributed by atoms with Crippen molar-refractivity contribution in [3.05, 3.63) is 29.3 Å². The molecule has 0 radical (unpaired) electrons. The number of phenols is 1. The predicted octanol–water partition coefficient (Wildman–Crippen LogP) is 0.997. The third kappa shape index (κ3) is 2.97. The maximum atomic E-state index is 11.1. The minimum atomic E-state index is -0.683. The number of ether oxygens (including phenoxy) is 1. The number of hydrogen-bond acceptors (Lipinski definition) is 4. The molecule has 0 spiro atoms. The van der Waals surface area contributed by atoms with Crippen molar-refractivity contribution < 1.29 is 14.6 Å². The molecule has 1 atom stereocenters. The van der Waals surface area contributed by atoms with Gasteiger partial charge in [-0.15, -0.1) is 0 Å². The van der Waals surface area contributed by atoms with Crippen LogP contribution >= 0.6 is 0 Å². The average molecular weight is 223 g/mol. The molecule has 0 aliphatic rings. The maximum Gasteiger partial charge on any atom is 0.322 e. The molecular weight excluding hydrogens is 206 g/mol. The number of esters is 1. The SMILES string of the molecule is CCc1ccc(CC(N)C(=O)OC)cc1O. The van der Waals surface area contributed by atoms with Gasteiger partial charge in [-0.2, -0.15) is 0 Å². The molecule has 0 aliphatic heterocycles. The Morgan fingerprint density at radius 2 is 2.25 bits per heavy atom. The number of methoxy groups -OCH3 is 1. The van der Waals surface area contributed by atoms with E-state index in [0.29, 0.717) is 6.42 Å². The number of aromatic hydroxyl groups is 1. The van der Waals surface area contributed by atoms with Crippen molar-refractivity contribution in [1.82, 2.24) is 0 Å². The Bertz CT molecular complexity index is 377. The van der Waals surface area contributed by atoms with Gasteiger partial charge in [0.25, 0.3) is 0 Å². The van der Waals surface area contributed by atoms with Crippen LogP contribution in [0.25, 0.3) is 0 Å². The summed E-state index contributed by atoms with van der Waals surface area (Å²) in [5.74, 6) is -0.198. The summed E-state index contributed by atoms with van der Waals surface area (Å²) in [6.07, 6.45) is 1.14. The molecule has 3 N–H and O–H groups in total. The maximum absolute atomic E-state index is 11.1. The summed E-state index contributed by atoms with van der Waals surface area (Å²) in [5.41, 5.74) is 7.34. The molecule has 0 bridgehead atoms. The quantitative estimate of drug-likeness (QED) is 0.747. The van der Waals surface area contributed by atoms with Crippen LogP contribution in [-0.2, 0) is 22.4 Å². The van der Waals surface area contributed by atoms with Crippen molar-refractivity contribution in [2.24, 2.45) is 5.73 Å². The standard InChI is InChI=1S/C12H17NO3/c1-3-9-5-4-8(7-11(9)14)6-10(13)12(15)16-2/h4-5,7,10,14H,3,6,13H2,1-2H3. The van der Waals surface area contributed by atoms with Gasteiger partial charge >= 0.3 is 5.97 Å². The molecule has 1 rings (SSSR count). The van der Waals surface area contributed by atoms with Crippen LogP contribution in [0.1, 0.15) is 18.1 Å². The highest BCUT2D eigenvalue weighted by molar-refractivity contribution is 5.75. The van der Waals surface area contributed by atoms with Crippen LogP contribution in [-0.4, -0.2) is 24.2 Å². The molecule has 4 heteroatoms. The number of carbonyl (C=O) groups is 1. The van der Waals surface area contributed by atoms with E-state index in [2.05, 4.69) is 4.74 Å². The average Bonchev–Trinajstić information content (AvgIpc) is 2.28. The molecule has 4 nitrogen and oxygen atoms in total. The molecule has 0 fully saturated rings. The lowest BCUT2D eigenvalue weighted by Crippen LogP contribution is -2.33. The lowest BCUT2D eigenvalue weighted by molar-refractivity contribution is -0.142. The molecule has 0 saturated heterocycles. The summed E-state index contributed by atoms with van der Waals surface area (Å²) in [7, 11) is 1.31. The van der Waals surface area contributed by atoms with Crippen LogP contribution in [0.5, 0.6) is 5.75 Å². The first-order chi connectivity index (χ1) is 7.58. The first-order valence-electron chi connectivity index (χ1n) is 5.22. The number of nitrogens with two attached hydrogens (primary N) is 1. The molecule has 88 valence electrons. The minimum Gasteiger partial charge on any atom is -0.508 e. The van der Waals surface area contributed by atoms with Gasteiger partial charge in [0.05, 0.1) is 7.11 Å². The first-order valence-corrected chi connectivity index (χ1v) is 5.22. The van der Waals surface area contributed by atoms with E-state index in [1.165, 1.54) is 7.11 Å². The van der Waals surface area contributed by atoms with Crippen molar-refractivity contribution in [2.45, 2.75) is 25.8 Å². The lowest BCUT2D eigenvalue weighted by atomic mass is 10.0. The fraction of sp³-hybridized carbons (Fsp3) is 0.417. The molecule has 0 aromatic heterocycles. The highest BCUT2D eigenvalue weighted by atomic mass is 16.5. The number of aryl methyl sites for hydroxylation is 1. The zero-order valence-electron chi connectivity index (χ0n) is 9.56. The fourth-order valence-electron chi connectivity index (χ4n) is 1.52. The van der Waals surface area contributed by atoms with Crippen LogP contribution in [0.2, 0.25) is 0 Å². The monoisotopic (exact) mass is 223 g/mol.